The van der Waals surface area contributed by atoms with Crippen LogP contribution in [-0.4, -0.2) is 49.8 Å². The molecule has 0 aliphatic carbocycles. The molecule has 2 aliphatic heterocycles. The zero-order chi connectivity index (χ0) is 18.1. The van der Waals surface area contributed by atoms with Gasteiger partial charge >= 0.3 is 0 Å². The molecule has 2 aromatic rings. The fourth-order valence-corrected chi connectivity index (χ4v) is 4.55. The van der Waals surface area contributed by atoms with E-state index in [1.165, 1.54) is 0 Å². The van der Waals surface area contributed by atoms with Gasteiger partial charge in [-0.25, -0.2) is 0 Å². The van der Waals surface area contributed by atoms with Gasteiger partial charge in [0.2, 0.25) is 0 Å². The van der Waals surface area contributed by atoms with Crippen molar-refractivity contribution in [3.05, 3.63) is 35.0 Å². The number of fused-ring (bicyclic) bond motifs is 1. The summed E-state index contributed by atoms with van der Waals surface area (Å²) in [6.45, 7) is 2.97. The molecule has 26 heavy (non-hydrogen) atoms. The molecule has 0 radical (unpaired) electrons. The molecule has 5 nitrogen and oxygen atoms in total. The third kappa shape index (κ3) is 3.24. The highest BCUT2D eigenvalue weighted by Crippen LogP contribution is 2.42. The van der Waals surface area contributed by atoms with Crippen LogP contribution in [-0.2, 0) is 9.47 Å². The van der Waals surface area contributed by atoms with Gasteiger partial charge in [0.15, 0.2) is 5.76 Å². The number of methoxy groups -OCH3 is 1. The topological polar surface area (TPSA) is 51.9 Å². The largest absolute Gasteiger partial charge is 0.451 e. The van der Waals surface area contributed by atoms with Crippen molar-refractivity contribution in [2.24, 2.45) is 5.92 Å². The molecule has 1 unspecified atom stereocenters. The average Bonchev–Trinajstić information content (AvgIpc) is 3.24. The van der Waals surface area contributed by atoms with Gasteiger partial charge in [0.1, 0.15) is 5.58 Å². The first-order valence-electron chi connectivity index (χ1n) is 9.22. The molecule has 140 valence electrons. The van der Waals surface area contributed by atoms with Gasteiger partial charge < -0.3 is 18.8 Å². The molecule has 3 heterocycles. The molecule has 6 heteroatoms. The maximum Gasteiger partial charge on any atom is 0.289 e. The average molecular weight is 378 g/mol. The summed E-state index contributed by atoms with van der Waals surface area (Å²) in [7, 11) is 1.74. The SMILES string of the molecule is COCCC1CCOC12CCN(C(=O)c1cc3cc(Cl)ccc3o1)CC2. The Labute approximate surface area is 158 Å². The quantitative estimate of drug-likeness (QED) is 0.803. The molecule has 0 saturated carbocycles. The van der Waals surface area contributed by atoms with E-state index >= 15 is 0 Å². The lowest BCUT2D eigenvalue weighted by Gasteiger charge is -2.42. The molecular weight excluding hydrogens is 354 g/mol. The van der Waals surface area contributed by atoms with Crippen molar-refractivity contribution in [2.45, 2.75) is 31.3 Å². The monoisotopic (exact) mass is 377 g/mol. The number of halogens is 1. The fraction of sp³-hybridized carbons (Fsp3) is 0.550. The lowest BCUT2D eigenvalue weighted by molar-refractivity contribution is -0.0664. The van der Waals surface area contributed by atoms with Crippen LogP contribution in [0.25, 0.3) is 11.0 Å². The van der Waals surface area contributed by atoms with Crippen molar-refractivity contribution < 1.29 is 18.7 Å². The van der Waals surface area contributed by atoms with Crippen LogP contribution in [0, 0.1) is 5.92 Å². The molecule has 1 aromatic carbocycles. The second kappa shape index (κ2) is 7.22. The molecule has 1 aromatic heterocycles. The summed E-state index contributed by atoms with van der Waals surface area (Å²) in [4.78, 5) is 14.7. The van der Waals surface area contributed by atoms with Gasteiger partial charge in [-0.1, -0.05) is 11.6 Å². The number of carbonyl (C=O) groups is 1. The Bertz CT molecular complexity index is 794. The van der Waals surface area contributed by atoms with E-state index in [0.717, 1.165) is 44.3 Å². The normalized spacial score (nSPS) is 22.4. The summed E-state index contributed by atoms with van der Waals surface area (Å²) in [5.74, 6) is 0.841. The number of benzene rings is 1. The van der Waals surface area contributed by atoms with Crippen molar-refractivity contribution in [1.82, 2.24) is 4.90 Å². The highest BCUT2D eigenvalue weighted by Gasteiger charge is 2.46. The molecule has 2 aliphatic rings. The molecule has 0 bridgehead atoms. The van der Waals surface area contributed by atoms with Gasteiger partial charge in [0.05, 0.1) is 5.60 Å². The summed E-state index contributed by atoms with van der Waals surface area (Å²) >= 11 is 6.02. The molecule has 1 amide bonds. The van der Waals surface area contributed by atoms with Crippen LogP contribution >= 0.6 is 11.6 Å². The first-order chi connectivity index (χ1) is 12.6. The molecule has 2 saturated heterocycles. The number of piperidine rings is 1. The van der Waals surface area contributed by atoms with Crippen LogP contribution in [0.15, 0.2) is 28.7 Å². The van der Waals surface area contributed by atoms with E-state index in [9.17, 15) is 4.79 Å². The Kier molecular flexibility index (Phi) is 4.95. The Balaban J connectivity index is 1.44. The molecule has 4 rings (SSSR count). The van der Waals surface area contributed by atoms with Gasteiger partial charge in [0.25, 0.3) is 5.91 Å². The molecule has 1 atom stereocenters. The maximum atomic E-state index is 12.8. The summed E-state index contributed by atoms with van der Waals surface area (Å²) in [6.07, 6.45) is 3.86. The number of ether oxygens (including phenoxy) is 2. The molecule has 2 fully saturated rings. The minimum atomic E-state index is -0.0866. The maximum absolute atomic E-state index is 12.8. The number of furan rings is 1. The lowest BCUT2D eigenvalue weighted by Crippen LogP contribution is -2.49. The summed E-state index contributed by atoms with van der Waals surface area (Å²) in [6, 6.07) is 7.16. The summed E-state index contributed by atoms with van der Waals surface area (Å²) in [5, 5.41) is 1.49. The van der Waals surface area contributed by atoms with E-state index in [4.69, 9.17) is 25.5 Å². The molecule has 0 N–H and O–H groups in total. The van der Waals surface area contributed by atoms with Crippen molar-refractivity contribution in [2.75, 3.05) is 33.4 Å². The van der Waals surface area contributed by atoms with E-state index in [2.05, 4.69) is 0 Å². The van der Waals surface area contributed by atoms with Crippen LogP contribution in [0.3, 0.4) is 0 Å². The van der Waals surface area contributed by atoms with Crippen molar-refractivity contribution in [1.29, 1.82) is 0 Å². The minimum Gasteiger partial charge on any atom is -0.451 e. The zero-order valence-electron chi connectivity index (χ0n) is 15.0. The Morgan fingerprint density at radius 2 is 2.15 bits per heavy atom. The van der Waals surface area contributed by atoms with E-state index in [1.54, 1.807) is 25.3 Å². The number of hydrogen-bond donors (Lipinski definition) is 0. The molecular formula is C20H24ClNO4. The van der Waals surface area contributed by atoms with Crippen molar-refractivity contribution in [3.63, 3.8) is 0 Å². The Hall–Kier alpha value is -1.56. The second-order valence-electron chi connectivity index (χ2n) is 7.27. The lowest BCUT2D eigenvalue weighted by atomic mass is 9.78. The zero-order valence-corrected chi connectivity index (χ0v) is 15.8. The third-order valence-corrected chi connectivity index (χ3v) is 6.09. The highest BCUT2D eigenvalue weighted by atomic mass is 35.5. The predicted molar refractivity (Wildman–Crippen MR) is 99.6 cm³/mol. The number of hydrogen-bond acceptors (Lipinski definition) is 4. The minimum absolute atomic E-state index is 0.0568. The first-order valence-corrected chi connectivity index (χ1v) is 9.60. The molecule has 1 spiro atoms. The van der Waals surface area contributed by atoms with Gasteiger partial charge in [-0.3, -0.25) is 4.79 Å². The van der Waals surface area contributed by atoms with E-state index in [-0.39, 0.29) is 11.5 Å². The Morgan fingerprint density at radius 1 is 1.35 bits per heavy atom. The van der Waals surface area contributed by atoms with Crippen LogP contribution in [0.5, 0.6) is 0 Å². The smallest absolute Gasteiger partial charge is 0.289 e. The highest BCUT2D eigenvalue weighted by molar-refractivity contribution is 6.31. The standard InChI is InChI=1S/C20H24ClNO4/c1-24-10-4-15-5-11-25-20(15)6-8-22(9-7-20)19(23)18-13-14-12-16(21)2-3-17(14)26-18/h2-3,12-13,15H,4-11H2,1H3. The van der Waals surface area contributed by atoms with Gasteiger partial charge in [-0.2, -0.15) is 0 Å². The van der Waals surface area contributed by atoms with Crippen molar-refractivity contribution >= 4 is 28.5 Å². The first kappa shape index (κ1) is 17.8. The number of amides is 1. The van der Waals surface area contributed by atoms with Gasteiger partial charge in [-0.15, -0.1) is 0 Å². The number of likely N-dealkylation sites (tertiary alicyclic amines) is 1. The summed E-state index contributed by atoms with van der Waals surface area (Å²) < 4.78 is 17.1. The predicted octanol–water partition coefficient (Wildman–Crippen LogP) is 4.13. The number of nitrogens with zero attached hydrogens (tertiary/aromatic N) is 1. The Morgan fingerprint density at radius 3 is 2.92 bits per heavy atom. The van der Waals surface area contributed by atoms with Crippen LogP contribution in [0.2, 0.25) is 5.02 Å². The van der Waals surface area contributed by atoms with Gasteiger partial charge in [0, 0.05) is 43.8 Å². The third-order valence-electron chi connectivity index (χ3n) is 5.86. The van der Waals surface area contributed by atoms with Crippen molar-refractivity contribution in [3.8, 4) is 0 Å². The van der Waals surface area contributed by atoms with Crippen LogP contribution in [0.4, 0.5) is 0 Å². The van der Waals surface area contributed by atoms with Crippen LogP contribution in [0.1, 0.15) is 36.2 Å². The van der Waals surface area contributed by atoms with Crippen LogP contribution < -0.4 is 0 Å². The van der Waals surface area contributed by atoms with E-state index < -0.39 is 0 Å². The number of carbonyl (C=O) groups excluding carboxylic acids is 1. The van der Waals surface area contributed by atoms with Gasteiger partial charge in [-0.05, 0) is 55.9 Å². The number of rotatable bonds is 4. The second-order valence-corrected chi connectivity index (χ2v) is 7.70. The summed E-state index contributed by atoms with van der Waals surface area (Å²) in [5.41, 5.74) is 0.599. The van der Waals surface area contributed by atoms with E-state index in [0.29, 0.717) is 35.4 Å². The fourth-order valence-electron chi connectivity index (χ4n) is 4.37. The van der Waals surface area contributed by atoms with E-state index in [1.807, 2.05) is 11.0 Å².